The van der Waals surface area contributed by atoms with Crippen molar-refractivity contribution in [2.75, 3.05) is 4.90 Å². The molecule has 1 amide bonds. The molecule has 0 N–H and O–H groups in total. The van der Waals surface area contributed by atoms with E-state index in [4.69, 9.17) is 16.0 Å². The molecule has 2 aromatic carbocycles. The Morgan fingerprint density at radius 1 is 1.12 bits per heavy atom. The summed E-state index contributed by atoms with van der Waals surface area (Å²) in [6.07, 6.45) is 1.36. The lowest BCUT2D eigenvalue weighted by atomic mass is 10.1. The predicted molar refractivity (Wildman–Crippen MR) is 102 cm³/mol. The first kappa shape index (κ1) is 18.0. The number of hydrogen-bond donors (Lipinski definition) is 0. The summed E-state index contributed by atoms with van der Waals surface area (Å²) in [5.41, 5.74) is 2.08. The molecule has 6 heteroatoms. The third kappa shape index (κ3) is 3.73. The van der Waals surface area contributed by atoms with E-state index in [1.807, 2.05) is 44.2 Å². The molecule has 0 bridgehead atoms. The smallest absolute Gasteiger partial charge is 0.416 e. The molecule has 0 spiro atoms. The van der Waals surface area contributed by atoms with Gasteiger partial charge in [0.25, 0.3) is 0 Å². The maximum atomic E-state index is 12.9. The summed E-state index contributed by atoms with van der Waals surface area (Å²) in [4.78, 5) is 26.8. The number of halogens is 1. The molecule has 1 heterocycles. The van der Waals surface area contributed by atoms with Gasteiger partial charge in [0, 0.05) is 22.3 Å². The van der Waals surface area contributed by atoms with Crippen molar-refractivity contribution in [3.05, 3.63) is 76.4 Å². The number of para-hydroxylation sites is 1. The second-order valence-corrected chi connectivity index (χ2v) is 6.61. The van der Waals surface area contributed by atoms with Gasteiger partial charge in [-0.25, -0.2) is 4.79 Å². The van der Waals surface area contributed by atoms with Gasteiger partial charge in [0.05, 0.1) is 5.69 Å². The molecule has 0 aliphatic heterocycles. The van der Waals surface area contributed by atoms with E-state index in [1.54, 1.807) is 29.2 Å². The van der Waals surface area contributed by atoms with Gasteiger partial charge in [-0.1, -0.05) is 41.9 Å². The van der Waals surface area contributed by atoms with Gasteiger partial charge in [-0.05, 0) is 38.1 Å². The third-order valence-electron chi connectivity index (χ3n) is 4.04. The molecule has 0 aliphatic carbocycles. The Kier molecular flexibility index (Phi) is 5.28. The minimum atomic E-state index is -0.569. The Hall–Kier alpha value is -2.79. The molecule has 0 unspecified atom stereocenters. The second kappa shape index (κ2) is 7.62. The van der Waals surface area contributed by atoms with Crippen molar-refractivity contribution in [1.29, 1.82) is 0 Å². The van der Waals surface area contributed by atoms with Crippen LogP contribution in [0, 0.1) is 0 Å². The highest BCUT2D eigenvalue weighted by molar-refractivity contribution is 6.30. The van der Waals surface area contributed by atoms with E-state index in [0.717, 1.165) is 11.3 Å². The summed E-state index contributed by atoms with van der Waals surface area (Å²) in [7, 11) is 0. The van der Waals surface area contributed by atoms with Crippen LogP contribution in [0.4, 0.5) is 5.69 Å². The molecule has 3 rings (SSSR count). The molecule has 5 nitrogen and oxygen atoms in total. The largest absolute Gasteiger partial charge is 0.419 e. The average Bonchev–Trinajstić information content (AvgIpc) is 2.97. The molecule has 1 aromatic heterocycles. The minimum absolute atomic E-state index is 0.0496. The highest BCUT2D eigenvalue weighted by atomic mass is 35.5. The van der Waals surface area contributed by atoms with E-state index in [2.05, 4.69) is 0 Å². The molecule has 0 fully saturated rings. The van der Waals surface area contributed by atoms with Crippen LogP contribution >= 0.6 is 11.6 Å². The predicted octanol–water partition coefficient (Wildman–Crippen LogP) is 4.20. The monoisotopic (exact) mass is 370 g/mol. The summed E-state index contributed by atoms with van der Waals surface area (Å²) in [6.45, 7) is 3.76. The maximum absolute atomic E-state index is 12.9. The zero-order valence-corrected chi connectivity index (χ0v) is 15.3. The van der Waals surface area contributed by atoms with Gasteiger partial charge >= 0.3 is 5.76 Å². The van der Waals surface area contributed by atoms with Gasteiger partial charge in [0.1, 0.15) is 12.8 Å². The third-order valence-corrected chi connectivity index (χ3v) is 4.29. The Morgan fingerprint density at radius 2 is 1.77 bits per heavy atom. The van der Waals surface area contributed by atoms with Crippen molar-refractivity contribution in [1.82, 2.24) is 4.57 Å². The SMILES string of the molecule is CC(C)N(C(=O)Cn1c(-c2ccc(Cl)cc2)coc1=O)c1ccccc1. The zero-order valence-electron chi connectivity index (χ0n) is 14.6. The minimum Gasteiger partial charge on any atom is -0.416 e. The first-order valence-corrected chi connectivity index (χ1v) is 8.66. The number of anilines is 1. The number of nitrogens with zero attached hydrogens (tertiary/aromatic N) is 2. The van der Waals surface area contributed by atoms with Crippen LogP contribution < -0.4 is 10.7 Å². The highest BCUT2D eigenvalue weighted by Crippen LogP contribution is 2.22. The first-order chi connectivity index (χ1) is 12.5. The Morgan fingerprint density at radius 3 is 2.38 bits per heavy atom. The van der Waals surface area contributed by atoms with Crippen LogP contribution in [0.15, 0.2) is 70.1 Å². The van der Waals surface area contributed by atoms with Gasteiger partial charge in [-0.3, -0.25) is 9.36 Å². The van der Waals surface area contributed by atoms with Crippen molar-refractivity contribution >= 4 is 23.2 Å². The maximum Gasteiger partial charge on any atom is 0.419 e. The molecule has 0 aliphatic rings. The van der Waals surface area contributed by atoms with Crippen molar-refractivity contribution in [3.63, 3.8) is 0 Å². The molecule has 3 aromatic rings. The number of amides is 1. The van der Waals surface area contributed by atoms with Crippen LogP contribution in [0.3, 0.4) is 0 Å². The molecular weight excluding hydrogens is 352 g/mol. The fourth-order valence-electron chi connectivity index (χ4n) is 2.86. The number of oxazole rings is 1. The van der Waals surface area contributed by atoms with Crippen molar-refractivity contribution in [2.45, 2.75) is 26.4 Å². The molecule has 0 radical (unpaired) electrons. The van der Waals surface area contributed by atoms with Crippen molar-refractivity contribution < 1.29 is 9.21 Å². The summed E-state index contributed by atoms with van der Waals surface area (Å²) >= 11 is 5.92. The summed E-state index contributed by atoms with van der Waals surface area (Å²) in [5.74, 6) is -0.759. The number of aromatic nitrogens is 1. The van der Waals surface area contributed by atoms with Gasteiger partial charge in [0.15, 0.2) is 0 Å². The number of rotatable bonds is 5. The van der Waals surface area contributed by atoms with E-state index in [9.17, 15) is 9.59 Å². The van der Waals surface area contributed by atoms with Crippen LogP contribution in [-0.2, 0) is 11.3 Å². The van der Waals surface area contributed by atoms with E-state index >= 15 is 0 Å². The van der Waals surface area contributed by atoms with Crippen molar-refractivity contribution in [2.24, 2.45) is 0 Å². The molecule has 134 valence electrons. The Balaban J connectivity index is 1.93. The first-order valence-electron chi connectivity index (χ1n) is 8.28. The number of carbonyl (C=O) groups is 1. The molecule has 0 atom stereocenters. The quantitative estimate of drug-likeness (QED) is 0.676. The second-order valence-electron chi connectivity index (χ2n) is 6.17. The zero-order chi connectivity index (χ0) is 18.7. The lowest BCUT2D eigenvalue weighted by Crippen LogP contribution is -2.40. The standard InChI is InChI=1S/C20H19ClN2O3/c1-14(2)23(17-6-4-3-5-7-17)19(24)12-22-18(13-26-20(22)25)15-8-10-16(21)11-9-15/h3-11,13-14H,12H2,1-2H3. The van der Waals surface area contributed by atoms with Gasteiger partial charge < -0.3 is 9.32 Å². The van der Waals surface area contributed by atoms with Gasteiger partial charge in [0.2, 0.25) is 5.91 Å². The number of hydrogen-bond acceptors (Lipinski definition) is 3. The highest BCUT2D eigenvalue weighted by Gasteiger charge is 2.22. The fourth-order valence-corrected chi connectivity index (χ4v) is 2.98. The van der Waals surface area contributed by atoms with Crippen molar-refractivity contribution in [3.8, 4) is 11.3 Å². The number of benzene rings is 2. The van der Waals surface area contributed by atoms with Crippen LogP contribution in [0.5, 0.6) is 0 Å². The summed E-state index contributed by atoms with van der Waals surface area (Å²) in [5, 5.41) is 0.595. The normalized spacial score (nSPS) is 10.9. The van der Waals surface area contributed by atoms with E-state index in [0.29, 0.717) is 10.7 Å². The van der Waals surface area contributed by atoms with Crippen LogP contribution in [0.1, 0.15) is 13.8 Å². The van der Waals surface area contributed by atoms with Gasteiger partial charge in [-0.15, -0.1) is 0 Å². The topological polar surface area (TPSA) is 55.5 Å². The van der Waals surface area contributed by atoms with Gasteiger partial charge in [-0.2, -0.15) is 0 Å². The summed E-state index contributed by atoms with van der Waals surface area (Å²) in [6, 6.07) is 16.4. The molecule has 26 heavy (non-hydrogen) atoms. The molecular formula is C20H19ClN2O3. The lowest BCUT2D eigenvalue weighted by molar-refractivity contribution is -0.119. The van der Waals surface area contributed by atoms with Crippen LogP contribution in [0.25, 0.3) is 11.3 Å². The summed E-state index contributed by atoms with van der Waals surface area (Å²) < 4.78 is 6.37. The van der Waals surface area contributed by atoms with E-state index in [1.165, 1.54) is 10.8 Å². The molecule has 0 saturated carbocycles. The van der Waals surface area contributed by atoms with E-state index < -0.39 is 5.76 Å². The Labute approximate surface area is 156 Å². The average molecular weight is 371 g/mol. The number of carbonyl (C=O) groups excluding carboxylic acids is 1. The van der Waals surface area contributed by atoms with Crippen LogP contribution in [-0.4, -0.2) is 16.5 Å². The lowest BCUT2D eigenvalue weighted by Gasteiger charge is -2.27. The molecule has 0 saturated heterocycles. The Bertz CT molecular complexity index is 943. The fraction of sp³-hybridized carbons (Fsp3) is 0.200. The van der Waals surface area contributed by atoms with Crippen LogP contribution in [0.2, 0.25) is 5.02 Å². The van der Waals surface area contributed by atoms with E-state index in [-0.39, 0.29) is 18.5 Å².